The fraction of sp³-hybridized carbons (Fsp3) is 0.500. The number of ether oxygens (including phenoxy) is 1. The minimum atomic E-state index is -0.0389. The average molecular weight is 345 g/mol. The van der Waals surface area contributed by atoms with Crippen molar-refractivity contribution in [3.63, 3.8) is 0 Å². The number of aryl methyl sites for hydroxylation is 1. The Morgan fingerprint density at radius 3 is 2.96 bits per heavy atom. The van der Waals surface area contributed by atoms with Crippen LogP contribution in [0.1, 0.15) is 18.0 Å². The zero-order valence-corrected chi connectivity index (χ0v) is 14.4. The third-order valence-electron chi connectivity index (χ3n) is 4.38. The van der Waals surface area contributed by atoms with Crippen molar-refractivity contribution in [2.75, 3.05) is 37.9 Å². The van der Waals surface area contributed by atoms with Crippen LogP contribution in [0.2, 0.25) is 0 Å². The molecule has 0 radical (unpaired) electrons. The van der Waals surface area contributed by atoms with Crippen LogP contribution >= 0.6 is 0 Å². The smallest absolute Gasteiger partial charge is 0.223 e. The van der Waals surface area contributed by atoms with Gasteiger partial charge in [-0.2, -0.15) is 5.10 Å². The Balaban J connectivity index is 1.77. The fourth-order valence-electron chi connectivity index (χ4n) is 3.25. The Bertz CT molecular complexity index is 733. The lowest BCUT2D eigenvalue weighted by atomic mass is 9.95. The first-order valence-electron chi connectivity index (χ1n) is 8.17. The van der Waals surface area contributed by atoms with Crippen molar-refractivity contribution < 1.29 is 9.53 Å². The van der Waals surface area contributed by atoms with E-state index in [0.717, 1.165) is 5.56 Å². The second kappa shape index (κ2) is 7.47. The van der Waals surface area contributed by atoms with Gasteiger partial charge in [-0.1, -0.05) is 0 Å². The highest BCUT2D eigenvalue weighted by atomic mass is 16.5. The Labute approximate surface area is 146 Å². The molecule has 3 heterocycles. The van der Waals surface area contributed by atoms with E-state index in [1.807, 2.05) is 24.3 Å². The first-order valence-corrected chi connectivity index (χ1v) is 8.17. The Kier molecular flexibility index (Phi) is 5.13. The number of carbonyl (C=O) groups excluding carboxylic acids is 1. The average Bonchev–Trinajstić information content (AvgIpc) is 3.14. The van der Waals surface area contributed by atoms with Crippen LogP contribution in [0.4, 0.5) is 11.6 Å². The summed E-state index contributed by atoms with van der Waals surface area (Å²) in [4.78, 5) is 22.4. The van der Waals surface area contributed by atoms with Gasteiger partial charge in [-0.3, -0.25) is 9.48 Å². The van der Waals surface area contributed by atoms with Crippen molar-refractivity contribution in [3.8, 4) is 0 Å². The number of likely N-dealkylation sites (tertiary alicyclic amines) is 1. The number of rotatable bonds is 7. The van der Waals surface area contributed by atoms with E-state index in [2.05, 4.69) is 20.4 Å². The van der Waals surface area contributed by atoms with Crippen LogP contribution < -0.4 is 11.1 Å². The van der Waals surface area contributed by atoms with Gasteiger partial charge in [0.05, 0.1) is 18.8 Å². The number of nitrogens with two attached hydrogens (primary N) is 1. The summed E-state index contributed by atoms with van der Waals surface area (Å²) in [5.74, 6) is 1.29. The number of amides is 1. The van der Waals surface area contributed by atoms with Crippen LogP contribution in [0.15, 0.2) is 24.8 Å². The minimum Gasteiger partial charge on any atom is -0.384 e. The van der Waals surface area contributed by atoms with E-state index in [1.54, 1.807) is 17.9 Å². The molecule has 2 aromatic rings. The summed E-state index contributed by atoms with van der Waals surface area (Å²) in [6.45, 7) is 1.67. The summed E-state index contributed by atoms with van der Waals surface area (Å²) in [5, 5.41) is 7.52. The summed E-state index contributed by atoms with van der Waals surface area (Å²) in [6, 6.07) is 1.64. The highest BCUT2D eigenvalue weighted by Crippen LogP contribution is 2.37. The molecule has 9 heteroatoms. The molecular weight excluding hydrogens is 322 g/mol. The van der Waals surface area contributed by atoms with E-state index in [-0.39, 0.29) is 17.9 Å². The summed E-state index contributed by atoms with van der Waals surface area (Å²) in [5.41, 5.74) is 6.71. The number of methoxy groups -OCH3 is 1. The maximum absolute atomic E-state index is 12.5. The second-order valence-electron chi connectivity index (χ2n) is 6.15. The van der Waals surface area contributed by atoms with E-state index < -0.39 is 0 Å². The van der Waals surface area contributed by atoms with Gasteiger partial charge in [-0.15, -0.1) is 0 Å². The van der Waals surface area contributed by atoms with Crippen molar-refractivity contribution in [1.29, 1.82) is 0 Å². The molecule has 9 nitrogen and oxygen atoms in total. The van der Waals surface area contributed by atoms with Crippen LogP contribution in [0.5, 0.6) is 0 Å². The minimum absolute atomic E-state index is 0.0389. The largest absolute Gasteiger partial charge is 0.384 e. The number of aromatic nitrogens is 4. The number of nitrogen functional groups attached to an aromatic ring is 1. The summed E-state index contributed by atoms with van der Waals surface area (Å²) < 4.78 is 6.91. The standard InChI is InChI=1S/C16H23N7O2/c1-22-9-12(8-21-22)16-11(5-15(24)23(16)3-4-25-2)7-18-14-6-13(17)19-10-20-14/h6,8-11,16H,3-5,7H2,1-2H3,(H3,17,18,19,20)/t11-,16+/m1/s1. The molecular formula is C16H23N7O2. The zero-order chi connectivity index (χ0) is 17.8. The summed E-state index contributed by atoms with van der Waals surface area (Å²) in [7, 11) is 3.51. The van der Waals surface area contributed by atoms with Gasteiger partial charge < -0.3 is 20.7 Å². The fourth-order valence-corrected chi connectivity index (χ4v) is 3.25. The molecule has 134 valence electrons. The number of anilines is 2. The molecule has 25 heavy (non-hydrogen) atoms. The Morgan fingerprint density at radius 1 is 1.44 bits per heavy atom. The molecule has 1 amide bonds. The molecule has 2 aromatic heterocycles. The Morgan fingerprint density at radius 2 is 2.28 bits per heavy atom. The SMILES string of the molecule is COCCN1C(=O)C[C@H](CNc2cc(N)ncn2)[C@H]1c1cnn(C)c1. The molecule has 2 atom stereocenters. The maximum atomic E-state index is 12.5. The lowest BCUT2D eigenvalue weighted by Gasteiger charge is -2.27. The molecule has 1 fully saturated rings. The highest BCUT2D eigenvalue weighted by Gasteiger charge is 2.40. The van der Waals surface area contributed by atoms with Gasteiger partial charge in [0.25, 0.3) is 0 Å². The summed E-state index contributed by atoms with van der Waals surface area (Å²) >= 11 is 0. The first-order chi connectivity index (χ1) is 12.1. The molecule has 0 bridgehead atoms. The van der Waals surface area contributed by atoms with Gasteiger partial charge in [0.15, 0.2) is 0 Å². The van der Waals surface area contributed by atoms with Gasteiger partial charge >= 0.3 is 0 Å². The van der Waals surface area contributed by atoms with E-state index in [0.29, 0.717) is 37.8 Å². The van der Waals surface area contributed by atoms with Crippen molar-refractivity contribution in [2.24, 2.45) is 13.0 Å². The zero-order valence-electron chi connectivity index (χ0n) is 14.4. The van der Waals surface area contributed by atoms with Gasteiger partial charge in [0.2, 0.25) is 5.91 Å². The quantitative estimate of drug-likeness (QED) is 0.749. The molecule has 0 aliphatic carbocycles. The van der Waals surface area contributed by atoms with Crippen molar-refractivity contribution >= 4 is 17.5 Å². The summed E-state index contributed by atoms with van der Waals surface area (Å²) in [6.07, 6.45) is 5.66. The highest BCUT2D eigenvalue weighted by molar-refractivity contribution is 5.79. The third kappa shape index (κ3) is 3.87. The maximum Gasteiger partial charge on any atom is 0.223 e. The van der Waals surface area contributed by atoms with Gasteiger partial charge in [-0.25, -0.2) is 9.97 Å². The number of hydrogen-bond donors (Lipinski definition) is 2. The van der Waals surface area contributed by atoms with Crippen molar-refractivity contribution in [2.45, 2.75) is 12.5 Å². The van der Waals surface area contributed by atoms with Crippen molar-refractivity contribution in [3.05, 3.63) is 30.4 Å². The molecule has 1 aliphatic heterocycles. The molecule has 0 spiro atoms. The van der Waals surface area contributed by atoms with Gasteiger partial charge in [0, 0.05) is 57.4 Å². The normalized spacial score (nSPS) is 20.2. The number of hydrogen-bond acceptors (Lipinski definition) is 7. The van der Waals surface area contributed by atoms with Crippen LogP contribution in [0.3, 0.4) is 0 Å². The molecule has 3 rings (SSSR count). The van der Waals surface area contributed by atoms with Gasteiger partial charge in [0.1, 0.15) is 18.0 Å². The predicted octanol–water partition coefficient (Wildman–Crippen LogP) is 0.440. The lowest BCUT2D eigenvalue weighted by molar-refractivity contribution is -0.129. The number of nitrogens with zero attached hydrogens (tertiary/aromatic N) is 5. The molecule has 3 N–H and O–H groups in total. The molecule has 1 aliphatic rings. The van der Waals surface area contributed by atoms with Crippen LogP contribution in [-0.4, -0.2) is 57.4 Å². The number of nitrogens with one attached hydrogen (secondary N) is 1. The van der Waals surface area contributed by atoms with E-state index in [9.17, 15) is 4.79 Å². The second-order valence-corrected chi connectivity index (χ2v) is 6.15. The van der Waals surface area contributed by atoms with Crippen molar-refractivity contribution in [1.82, 2.24) is 24.6 Å². The van der Waals surface area contributed by atoms with Crippen LogP contribution in [-0.2, 0) is 16.6 Å². The molecule has 0 saturated carbocycles. The Hall–Kier alpha value is -2.68. The topological polar surface area (TPSA) is 111 Å². The number of carbonyl (C=O) groups is 1. The molecule has 0 aromatic carbocycles. The first kappa shape index (κ1) is 17.2. The molecule has 1 saturated heterocycles. The van der Waals surface area contributed by atoms with E-state index >= 15 is 0 Å². The van der Waals surface area contributed by atoms with Crippen LogP contribution in [0, 0.1) is 5.92 Å². The predicted molar refractivity (Wildman–Crippen MR) is 92.6 cm³/mol. The van der Waals surface area contributed by atoms with E-state index in [4.69, 9.17) is 10.5 Å². The van der Waals surface area contributed by atoms with Crippen LogP contribution in [0.25, 0.3) is 0 Å². The lowest BCUT2D eigenvalue weighted by Crippen LogP contribution is -2.33. The van der Waals surface area contributed by atoms with E-state index in [1.165, 1.54) is 6.33 Å². The molecule has 0 unspecified atom stereocenters. The third-order valence-corrected chi connectivity index (χ3v) is 4.38. The van der Waals surface area contributed by atoms with Gasteiger partial charge in [-0.05, 0) is 0 Å². The monoisotopic (exact) mass is 345 g/mol.